The molecule has 1 N–H and O–H groups in total. The number of rotatable bonds is 3. The second-order valence-corrected chi connectivity index (χ2v) is 4.36. The van der Waals surface area contributed by atoms with Crippen molar-refractivity contribution in [2.75, 3.05) is 25.6 Å². The Morgan fingerprint density at radius 2 is 2.28 bits per heavy atom. The number of ether oxygens (including phenoxy) is 3. The van der Waals surface area contributed by atoms with Crippen LogP contribution >= 0.6 is 15.9 Å². The third-order valence-corrected chi connectivity index (χ3v) is 2.99. The minimum absolute atomic E-state index is 0.163. The molecule has 0 bridgehead atoms. The molecule has 0 aliphatic carbocycles. The first-order valence-corrected chi connectivity index (χ1v) is 6.09. The van der Waals surface area contributed by atoms with E-state index in [1.54, 1.807) is 25.3 Å². The highest BCUT2D eigenvalue weighted by atomic mass is 79.9. The zero-order valence-electron chi connectivity index (χ0n) is 9.73. The van der Waals surface area contributed by atoms with Gasteiger partial charge in [-0.3, -0.25) is 4.79 Å². The average Bonchev–Trinajstić information content (AvgIpc) is 2.42. The fourth-order valence-corrected chi connectivity index (χ4v) is 1.74. The lowest BCUT2D eigenvalue weighted by molar-refractivity contribution is -0.117. The first-order valence-electron chi connectivity index (χ1n) is 5.30. The van der Waals surface area contributed by atoms with E-state index < -0.39 is 0 Å². The Morgan fingerprint density at radius 3 is 2.94 bits per heavy atom. The van der Waals surface area contributed by atoms with E-state index in [4.69, 9.17) is 14.2 Å². The van der Waals surface area contributed by atoms with Gasteiger partial charge in [0.15, 0.2) is 0 Å². The van der Waals surface area contributed by atoms with Gasteiger partial charge in [-0.2, -0.15) is 0 Å². The van der Waals surface area contributed by atoms with Crippen molar-refractivity contribution in [2.24, 2.45) is 0 Å². The zero-order chi connectivity index (χ0) is 13.0. The average molecular weight is 314 g/mol. The molecule has 0 spiro atoms. The van der Waals surface area contributed by atoms with Crippen molar-refractivity contribution in [1.29, 1.82) is 0 Å². The monoisotopic (exact) mass is 313 g/mol. The molecule has 0 unspecified atom stereocenters. The molecule has 0 saturated heterocycles. The van der Waals surface area contributed by atoms with Gasteiger partial charge in [-0.05, 0) is 28.1 Å². The lowest BCUT2D eigenvalue weighted by Crippen LogP contribution is -2.21. The fraction of sp³-hybridized carbons (Fsp3) is 0.250. The maximum Gasteiger partial charge on any atom is 0.294 e. The predicted octanol–water partition coefficient (Wildman–Crippen LogP) is 2.28. The van der Waals surface area contributed by atoms with Crippen molar-refractivity contribution in [3.05, 3.63) is 34.7 Å². The lowest BCUT2D eigenvalue weighted by Gasteiger charge is -2.15. The maximum atomic E-state index is 11.9. The van der Waals surface area contributed by atoms with E-state index in [9.17, 15) is 4.79 Å². The van der Waals surface area contributed by atoms with Gasteiger partial charge in [-0.15, -0.1) is 0 Å². The summed E-state index contributed by atoms with van der Waals surface area (Å²) in [6.45, 7) is 0.832. The Kier molecular flexibility index (Phi) is 4.09. The van der Waals surface area contributed by atoms with E-state index in [2.05, 4.69) is 21.2 Å². The molecule has 0 aromatic heterocycles. The Morgan fingerprint density at radius 1 is 1.44 bits per heavy atom. The number of benzene rings is 1. The van der Waals surface area contributed by atoms with Gasteiger partial charge in [0, 0.05) is 10.5 Å². The molecule has 1 aromatic rings. The quantitative estimate of drug-likeness (QED) is 0.930. The number of hydrogen-bond acceptors (Lipinski definition) is 4. The van der Waals surface area contributed by atoms with Crippen LogP contribution in [0.1, 0.15) is 0 Å². The Bertz CT molecular complexity index is 487. The number of carbonyl (C=O) groups is 1. The number of nitrogens with one attached hydrogen (secondary N) is 1. The molecule has 0 fully saturated rings. The van der Waals surface area contributed by atoms with Crippen molar-refractivity contribution in [3.8, 4) is 5.75 Å². The number of anilines is 1. The molecule has 1 heterocycles. The Labute approximate surface area is 113 Å². The molecule has 18 heavy (non-hydrogen) atoms. The highest BCUT2D eigenvalue weighted by Gasteiger charge is 2.16. The molecular formula is C12H12BrNO4. The number of amides is 1. The molecule has 1 aromatic carbocycles. The van der Waals surface area contributed by atoms with Crippen LogP contribution in [0.4, 0.5) is 5.69 Å². The summed E-state index contributed by atoms with van der Waals surface area (Å²) in [5.74, 6) is 0.461. The summed E-state index contributed by atoms with van der Waals surface area (Å²) < 4.78 is 16.1. The molecule has 1 amide bonds. The number of hydrogen-bond donors (Lipinski definition) is 1. The highest BCUT2D eigenvalue weighted by Crippen LogP contribution is 2.27. The number of halogens is 1. The molecule has 5 nitrogen and oxygen atoms in total. The smallest absolute Gasteiger partial charge is 0.294 e. The molecule has 0 radical (unpaired) electrons. The molecule has 1 aliphatic heterocycles. The van der Waals surface area contributed by atoms with Gasteiger partial charge in [0.05, 0.1) is 12.8 Å². The number of methoxy groups -OCH3 is 1. The van der Waals surface area contributed by atoms with Crippen LogP contribution in [0.2, 0.25) is 0 Å². The second kappa shape index (κ2) is 5.77. The molecule has 2 rings (SSSR count). The van der Waals surface area contributed by atoms with Crippen LogP contribution in [0, 0.1) is 0 Å². The maximum absolute atomic E-state index is 11.9. The fourth-order valence-electron chi connectivity index (χ4n) is 1.40. The van der Waals surface area contributed by atoms with Crippen LogP contribution in [0.5, 0.6) is 5.75 Å². The minimum Gasteiger partial charge on any atom is -0.497 e. The topological polar surface area (TPSA) is 56.8 Å². The first kappa shape index (κ1) is 12.8. The van der Waals surface area contributed by atoms with E-state index in [0.29, 0.717) is 24.7 Å². The summed E-state index contributed by atoms with van der Waals surface area (Å²) >= 11 is 3.35. The van der Waals surface area contributed by atoms with Crippen LogP contribution in [-0.4, -0.2) is 26.2 Å². The van der Waals surface area contributed by atoms with Gasteiger partial charge in [-0.25, -0.2) is 0 Å². The van der Waals surface area contributed by atoms with Gasteiger partial charge in [0.2, 0.25) is 5.76 Å². The molecule has 96 valence electrons. The van der Waals surface area contributed by atoms with Gasteiger partial charge in [0.1, 0.15) is 25.2 Å². The zero-order valence-corrected chi connectivity index (χ0v) is 11.3. The lowest BCUT2D eigenvalue weighted by atomic mass is 10.3. The summed E-state index contributed by atoms with van der Waals surface area (Å²) in [4.78, 5) is 11.9. The molecule has 0 atom stereocenters. The van der Waals surface area contributed by atoms with E-state index in [0.717, 1.165) is 4.47 Å². The Hall–Kier alpha value is -1.69. The molecule has 0 saturated carbocycles. The van der Waals surface area contributed by atoms with E-state index in [1.165, 1.54) is 6.26 Å². The molecular weight excluding hydrogens is 302 g/mol. The summed E-state index contributed by atoms with van der Waals surface area (Å²) in [6.07, 6.45) is 1.31. The van der Waals surface area contributed by atoms with Gasteiger partial charge in [0.25, 0.3) is 5.91 Å². The second-order valence-electron chi connectivity index (χ2n) is 3.50. The Balaban J connectivity index is 2.13. The highest BCUT2D eigenvalue weighted by molar-refractivity contribution is 9.10. The van der Waals surface area contributed by atoms with Gasteiger partial charge >= 0.3 is 0 Å². The minimum atomic E-state index is -0.358. The normalized spacial score (nSPS) is 14.0. The van der Waals surface area contributed by atoms with Crippen molar-refractivity contribution in [1.82, 2.24) is 0 Å². The summed E-state index contributed by atoms with van der Waals surface area (Å²) in [5.41, 5.74) is 0.606. The standard InChI is InChI=1S/C12H12BrNO4/c1-16-8-2-3-9(13)10(6-8)14-12(15)11-7-17-4-5-18-11/h2-3,6-7H,4-5H2,1H3,(H,14,15). The van der Waals surface area contributed by atoms with Crippen LogP contribution in [0.25, 0.3) is 0 Å². The summed E-state index contributed by atoms with van der Waals surface area (Å²) in [7, 11) is 1.56. The van der Waals surface area contributed by atoms with Crippen molar-refractivity contribution < 1.29 is 19.0 Å². The predicted molar refractivity (Wildman–Crippen MR) is 69.3 cm³/mol. The van der Waals surface area contributed by atoms with Crippen LogP contribution in [0.3, 0.4) is 0 Å². The molecule has 1 aliphatic rings. The van der Waals surface area contributed by atoms with Crippen molar-refractivity contribution in [3.63, 3.8) is 0 Å². The summed E-state index contributed by atoms with van der Waals surface area (Å²) in [6, 6.07) is 5.30. The van der Waals surface area contributed by atoms with Crippen molar-refractivity contribution >= 4 is 27.5 Å². The van der Waals surface area contributed by atoms with E-state index in [1.807, 2.05) is 0 Å². The van der Waals surface area contributed by atoms with Gasteiger partial charge < -0.3 is 19.5 Å². The van der Waals surface area contributed by atoms with Crippen LogP contribution in [0.15, 0.2) is 34.7 Å². The summed E-state index contributed by atoms with van der Waals surface area (Å²) in [5, 5.41) is 2.72. The van der Waals surface area contributed by atoms with Gasteiger partial charge in [-0.1, -0.05) is 0 Å². The van der Waals surface area contributed by atoms with Crippen molar-refractivity contribution in [2.45, 2.75) is 0 Å². The third-order valence-electron chi connectivity index (χ3n) is 2.29. The van der Waals surface area contributed by atoms with E-state index in [-0.39, 0.29) is 11.7 Å². The SMILES string of the molecule is COc1ccc(Br)c(NC(=O)C2=COCCO2)c1. The van der Waals surface area contributed by atoms with Crippen LogP contribution in [-0.2, 0) is 14.3 Å². The third kappa shape index (κ3) is 2.95. The number of carbonyl (C=O) groups excluding carboxylic acids is 1. The largest absolute Gasteiger partial charge is 0.497 e. The van der Waals surface area contributed by atoms with Crippen LogP contribution < -0.4 is 10.1 Å². The molecule has 6 heteroatoms. The van der Waals surface area contributed by atoms with E-state index >= 15 is 0 Å². The first-order chi connectivity index (χ1) is 8.70.